The van der Waals surface area contributed by atoms with Crippen LogP contribution >= 0.6 is 0 Å². The first-order valence-electron chi connectivity index (χ1n) is 10.3. The molecule has 0 radical (unpaired) electrons. The lowest BCUT2D eigenvalue weighted by atomic mass is 10.00. The summed E-state index contributed by atoms with van der Waals surface area (Å²) in [6, 6.07) is 8.12. The Morgan fingerprint density at radius 3 is 2.74 bits per heavy atom. The summed E-state index contributed by atoms with van der Waals surface area (Å²) in [6.07, 6.45) is 6.25. The number of hydrogen-bond acceptors (Lipinski definition) is 5. The van der Waals surface area contributed by atoms with Crippen LogP contribution in [0.1, 0.15) is 24.8 Å². The van der Waals surface area contributed by atoms with Crippen molar-refractivity contribution in [1.82, 2.24) is 15.0 Å². The number of carbonyl (C=O) groups is 2. The van der Waals surface area contributed by atoms with Crippen LogP contribution in [-0.2, 0) is 21.2 Å². The van der Waals surface area contributed by atoms with E-state index in [0.717, 1.165) is 17.8 Å². The number of fused-ring (bicyclic) bond motifs is 1. The zero-order chi connectivity index (χ0) is 21.8. The molecule has 1 aliphatic heterocycles. The number of anilines is 2. The van der Waals surface area contributed by atoms with Crippen LogP contribution in [0.4, 0.5) is 16.2 Å². The lowest BCUT2D eigenvalue weighted by Gasteiger charge is -2.30. The molecule has 0 unspecified atom stereocenters. The minimum absolute atomic E-state index is 0.0487. The number of rotatable bonds is 8. The summed E-state index contributed by atoms with van der Waals surface area (Å²) in [4.78, 5) is 30.2. The highest BCUT2D eigenvalue weighted by atomic mass is 32.2. The van der Waals surface area contributed by atoms with E-state index >= 15 is 0 Å². The molecule has 0 bridgehead atoms. The molecule has 1 aromatic heterocycles. The van der Waals surface area contributed by atoms with E-state index in [2.05, 4.69) is 20.3 Å². The number of aryl methyl sites for hydroxylation is 1. The summed E-state index contributed by atoms with van der Waals surface area (Å²) in [7, 11) is -3.66. The molecule has 0 atom stereocenters. The van der Waals surface area contributed by atoms with Gasteiger partial charge in [-0.25, -0.2) is 17.9 Å². The van der Waals surface area contributed by atoms with E-state index in [1.54, 1.807) is 12.1 Å². The molecule has 4 rings (SSSR count). The molecule has 2 aromatic rings. The van der Waals surface area contributed by atoms with Crippen molar-refractivity contribution in [3.8, 4) is 0 Å². The maximum atomic E-state index is 12.3. The Labute approximate surface area is 181 Å². The smallest absolute Gasteiger partial charge is 0.319 e. The van der Waals surface area contributed by atoms with Crippen LogP contribution in [0.25, 0.3) is 0 Å². The van der Waals surface area contributed by atoms with E-state index < -0.39 is 16.1 Å². The molecule has 9 nitrogen and oxygen atoms in total. The zero-order valence-corrected chi connectivity index (χ0v) is 17.8. The number of sulfonamides is 1. The predicted molar refractivity (Wildman–Crippen MR) is 116 cm³/mol. The fraction of sp³-hybridized carbons (Fsp3) is 0.381. The number of carbonyl (C=O) groups excluding carboxylic acids is 2. The highest BCUT2D eigenvalue weighted by Gasteiger charge is 2.31. The van der Waals surface area contributed by atoms with Crippen LogP contribution in [0.15, 0.2) is 47.6 Å². The van der Waals surface area contributed by atoms with Crippen molar-refractivity contribution >= 4 is 33.3 Å². The number of pyridine rings is 1. The van der Waals surface area contributed by atoms with Gasteiger partial charge < -0.3 is 15.5 Å². The molecule has 1 fully saturated rings. The van der Waals surface area contributed by atoms with E-state index in [4.69, 9.17) is 0 Å². The first-order valence-corrected chi connectivity index (χ1v) is 11.8. The van der Waals surface area contributed by atoms with Gasteiger partial charge in [-0.15, -0.1) is 0 Å². The molecule has 164 valence electrons. The third kappa shape index (κ3) is 5.39. The highest BCUT2D eigenvalue weighted by Crippen LogP contribution is 2.36. The van der Waals surface area contributed by atoms with Crippen LogP contribution in [-0.4, -0.2) is 45.0 Å². The summed E-state index contributed by atoms with van der Waals surface area (Å²) in [5.41, 5.74) is 2.61. The van der Waals surface area contributed by atoms with Gasteiger partial charge in [-0.1, -0.05) is 0 Å². The highest BCUT2D eigenvalue weighted by molar-refractivity contribution is 7.89. The van der Waals surface area contributed by atoms with E-state index in [9.17, 15) is 18.0 Å². The number of aromatic nitrogens is 1. The number of nitrogens with one attached hydrogen (secondary N) is 3. The van der Waals surface area contributed by atoms with Crippen LogP contribution in [0, 0.1) is 5.92 Å². The van der Waals surface area contributed by atoms with Gasteiger partial charge in [0.25, 0.3) is 0 Å². The largest absolute Gasteiger partial charge is 0.337 e. The van der Waals surface area contributed by atoms with E-state index in [1.807, 2.05) is 17.0 Å². The number of benzene rings is 1. The van der Waals surface area contributed by atoms with Crippen LogP contribution < -0.4 is 20.3 Å². The number of amides is 3. The summed E-state index contributed by atoms with van der Waals surface area (Å²) in [5.74, 6) is 0.764. The summed E-state index contributed by atoms with van der Waals surface area (Å²) >= 11 is 0. The maximum absolute atomic E-state index is 12.3. The van der Waals surface area contributed by atoms with Crippen LogP contribution in [0.3, 0.4) is 0 Å². The average molecular weight is 444 g/mol. The van der Waals surface area contributed by atoms with E-state index in [0.29, 0.717) is 24.4 Å². The topological polar surface area (TPSA) is 121 Å². The van der Waals surface area contributed by atoms with E-state index in [1.165, 1.54) is 31.3 Å². The molecular formula is C21H25N5O4S. The molecule has 31 heavy (non-hydrogen) atoms. The molecule has 1 saturated carbocycles. The molecule has 0 spiro atoms. The van der Waals surface area contributed by atoms with Gasteiger partial charge in [0.1, 0.15) is 4.90 Å². The Kier molecular flexibility index (Phi) is 6.19. The van der Waals surface area contributed by atoms with Crippen LogP contribution in [0.2, 0.25) is 0 Å². The summed E-state index contributed by atoms with van der Waals surface area (Å²) in [5, 5.41) is 5.39. The van der Waals surface area contributed by atoms with Gasteiger partial charge in [0.2, 0.25) is 15.9 Å². The standard InChI is InChI=1S/C21H25N5O4S/c27-20-8-5-16-12-17(6-7-19(16)26(20)14-15-3-4-15)25-21(28)23-10-11-24-31(29,30)18-2-1-9-22-13-18/h1-2,6-7,9,12-13,15,24H,3-5,8,10-11,14H2,(H2,23,25,28). The maximum Gasteiger partial charge on any atom is 0.319 e. The molecule has 10 heteroatoms. The summed E-state index contributed by atoms with van der Waals surface area (Å²) in [6.45, 7) is 0.945. The number of hydrogen-bond donors (Lipinski definition) is 3. The summed E-state index contributed by atoms with van der Waals surface area (Å²) < 4.78 is 26.7. The zero-order valence-electron chi connectivity index (χ0n) is 17.0. The third-order valence-electron chi connectivity index (χ3n) is 5.32. The molecule has 1 aromatic carbocycles. The van der Waals surface area contributed by atoms with E-state index in [-0.39, 0.29) is 23.9 Å². The number of urea groups is 1. The first kappa shape index (κ1) is 21.3. The Hall–Kier alpha value is -2.98. The van der Waals surface area contributed by atoms with Crippen molar-refractivity contribution < 1.29 is 18.0 Å². The van der Waals surface area contributed by atoms with Crippen molar-refractivity contribution in [2.75, 3.05) is 29.9 Å². The van der Waals surface area contributed by atoms with Crippen LogP contribution in [0.5, 0.6) is 0 Å². The molecule has 3 amide bonds. The van der Waals surface area contributed by atoms with Crippen molar-refractivity contribution in [1.29, 1.82) is 0 Å². The lowest BCUT2D eigenvalue weighted by molar-refractivity contribution is -0.119. The van der Waals surface area contributed by atoms with Gasteiger partial charge in [0, 0.05) is 49.8 Å². The van der Waals surface area contributed by atoms with Gasteiger partial charge in [0.15, 0.2) is 0 Å². The molecule has 0 saturated heterocycles. The normalized spacial score (nSPS) is 16.0. The minimum Gasteiger partial charge on any atom is -0.337 e. The predicted octanol–water partition coefficient (Wildman–Crippen LogP) is 1.87. The van der Waals surface area contributed by atoms with Gasteiger partial charge in [-0.2, -0.15) is 0 Å². The SMILES string of the molecule is O=C(NCCNS(=O)(=O)c1cccnc1)Nc1ccc2c(c1)CCC(=O)N2CC1CC1. The number of nitrogens with zero attached hydrogens (tertiary/aromatic N) is 2. The molecule has 2 heterocycles. The fourth-order valence-corrected chi connectivity index (χ4v) is 4.52. The second-order valence-electron chi connectivity index (χ2n) is 7.76. The fourth-order valence-electron chi connectivity index (χ4n) is 3.52. The second-order valence-corrected chi connectivity index (χ2v) is 9.53. The molecule has 2 aliphatic rings. The average Bonchev–Trinajstić information content (AvgIpc) is 3.58. The van der Waals surface area contributed by atoms with Crippen molar-refractivity contribution in [2.45, 2.75) is 30.6 Å². The Morgan fingerprint density at radius 1 is 1.16 bits per heavy atom. The monoisotopic (exact) mass is 443 g/mol. The van der Waals surface area contributed by atoms with Crippen molar-refractivity contribution in [3.63, 3.8) is 0 Å². The van der Waals surface area contributed by atoms with Gasteiger partial charge >= 0.3 is 6.03 Å². The van der Waals surface area contributed by atoms with Crippen molar-refractivity contribution in [2.24, 2.45) is 5.92 Å². The Bertz CT molecular complexity index is 1070. The Morgan fingerprint density at radius 2 is 2.00 bits per heavy atom. The molecule has 1 aliphatic carbocycles. The second kappa shape index (κ2) is 9.03. The Balaban J connectivity index is 1.28. The molecular weight excluding hydrogens is 418 g/mol. The molecule has 3 N–H and O–H groups in total. The lowest BCUT2D eigenvalue weighted by Crippen LogP contribution is -2.37. The van der Waals surface area contributed by atoms with Gasteiger partial charge in [-0.05, 0) is 61.1 Å². The quantitative estimate of drug-likeness (QED) is 0.538. The third-order valence-corrected chi connectivity index (χ3v) is 6.77. The first-order chi connectivity index (χ1) is 14.9. The van der Waals surface area contributed by atoms with Gasteiger partial charge in [0.05, 0.1) is 0 Å². The minimum atomic E-state index is -3.66. The van der Waals surface area contributed by atoms with Crippen molar-refractivity contribution in [3.05, 3.63) is 48.3 Å². The van der Waals surface area contributed by atoms with Gasteiger partial charge in [-0.3, -0.25) is 9.78 Å².